The molecule has 2 aliphatic rings. The van der Waals surface area contributed by atoms with Gasteiger partial charge in [-0.15, -0.1) is 0 Å². The van der Waals surface area contributed by atoms with Gasteiger partial charge in [0, 0.05) is 19.0 Å². The SMILES string of the molecule is CC1CCC(O)(CNC(C)c2ccc3c(c2)CCO3)CC1. The first-order chi connectivity index (χ1) is 10.1. The lowest BCUT2D eigenvalue weighted by molar-refractivity contribution is -0.00783. The summed E-state index contributed by atoms with van der Waals surface area (Å²) in [5.74, 6) is 1.80. The highest BCUT2D eigenvalue weighted by molar-refractivity contribution is 5.40. The molecule has 1 fully saturated rings. The van der Waals surface area contributed by atoms with Gasteiger partial charge in [0.25, 0.3) is 0 Å². The van der Waals surface area contributed by atoms with Crippen molar-refractivity contribution in [2.75, 3.05) is 13.2 Å². The average molecular weight is 289 g/mol. The van der Waals surface area contributed by atoms with Gasteiger partial charge < -0.3 is 15.2 Å². The van der Waals surface area contributed by atoms with E-state index in [1.54, 1.807) is 0 Å². The van der Waals surface area contributed by atoms with E-state index < -0.39 is 5.60 Å². The van der Waals surface area contributed by atoms with Crippen LogP contribution < -0.4 is 10.1 Å². The summed E-state index contributed by atoms with van der Waals surface area (Å²) in [6.07, 6.45) is 5.14. The zero-order valence-corrected chi connectivity index (χ0v) is 13.2. The normalized spacial score (nSPS) is 29.8. The highest BCUT2D eigenvalue weighted by Crippen LogP contribution is 2.32. The van der Waals surface area contributed by atoms with E-state index in [9.17, 15) is 5.11 Å². The van der Waals surface area contributed by atoms with E-state index in [2.05, 4.69) is 37.4 Å². The second-order valence-electron chi connectivity index (χ2n) is 6.98. The van der Waals surface area contributed by atoms with Crippen molar-refractivity contribution in [3.63, 3.8) is 0 Å². The molecular weight excluding hydrogens is 262 g/mol. The van der Waals surface area contributed by atoms with Gasteiger partial charge in [-0.25, -0.2) is 0 Å². The Balaban J connectivity index is 1.58. The van der Waals surface area contributed by atoms with Gasteiger partial charge in [0.15, 0.2) is 0 Å². The quantitative estimate of drug-likeness (QED) is 0.894. The summed E-state index contributed by atoms with van der Waals surface area (Å²) >= 11 is 0. The molecule has 3 heteroatoms. The molecule has 0 radical (unpaired) electrons. The Bertz CT molecular complexity index is 492. The predicted molar refractivity (Wildman–Crippen MR) is 84.6 cm³/mol. The molecule has 0 amide bonds. The molecule has 1 aromatic carbocycles. The first-order valence-electron chi connectivity index (χ1n) is 8.27. The first kappa shape index (κ1) is 14.9. The van der Waals surface area contributed by atoms with Crippen molar-refractivity contribution < 1.29 is 9.84 Å². The number of hydrogen-bond donors (Lipinski definition) is 2. The van der Waals surface area contributed by atoms with Gasteiger partial charge in [0.05, 0.1) is 12.2 Å². The molecule has 1 aromatic rings. The van der Waals surface area contributed by atoms with E-state index in [1.165, 1.54) is 11.1 Å². The number of hydrogen-bond acceptors (Lipinski definition) is 3. The van der Waals surface area contributed by atoms with Crippen LogP contribution in [0, 0.1) is 5.92 Å². The van der Waals surface area contributed by atoms with Crippen molar-refractivity contribution in [2.45, 2.75) is 57.6 Å². The van der Waals surface area contributed by atoms with Gasteiger partial charge in [-0.3, -0.25) is 0 Å². The molecule has 1 aliphatic carbocycles. The Morgan fingerprint density at radius 1 is 1.38 bits per heavy atom. The standard InChI is InChI=1S/C18H27NO2/c1-13-5-8-18(20,9-6-13)12-19-14(2)15-3-4-17-16(11-15)7-10-21-17/h3-4,11,13-14,19-20H,5-10,12H2,1-2H3. The summed E-state index contributed by atoms with van der Waals surface area (Å²) in [6.45, 7) is 5.95. The average Bonchev–Trinajstić information content (AvgIpc) is 2.96. The summed E-state index contributed by atoms with van der Waals surface area (Å²) in [5, 5.41) is 14.2. The molecule has 3 rings (SSSR count). The van der Waals surface area contributed by atoms with Crippen LogP contribution in [-0.2, 0) is 6.42 Å². The summed E-state index contributed by atoms with van der Waals surface area (Å²) in [7, 11) is 0. The van der Waals surface area contributed by atoms with Crippen molar-refractivity contribution in [3.05, 3.63) is 29.3 Å². The lowest BCUT2D eigenvalue weighted by Crippen LogP contribution is -2.44. The number of benzene rings is 1. The molecule has 0 bridgehead atoms. The van der Waals surface area contributed by atoms with E-state index in [4.69, 9.17) is 4.74 Å². The van der Waals surface area contributed by atoms with Crippen LogP contribution in [0.25, 0.3) is 0 Å². The molecule has 1 saturated carbocycles. The monoisotopic (exact) mass is 289 g/mol. The van der Waals surface area contributed by atoms with E-state index in [-0.39, 0.29) is 6.04 Å². The van der Waals surface area contributed by atoms with E-state index in [1.807, 2.05) is 0 Å². The molecule has 0 saturated heterocycles. The summed E-state index contributed by atoms with van der Waals surface area (Å²) < 4.78 is 5.55. The molecule has 1 aliphatic heterocycles. The third-order valence-corrected chi connectivity index (χ3v) is 5.16. The minimum absolute atomic E-state index is 0.263. The van der Waals surface area contributed by atoms with Gasteiger partial charge in [-0.1, -0.05) is 19.1 Å². The topological polar surface area (TPSA) is 41.5 Å². The molecule has 1 atom stereocenters. The minimum Gasteiger partial charge on any atom is -0.493 e. The molecule has 2 N–H and O–H groups in total. The third-order valence-electron chi connectivity index (χ3n) is 5.16. The molecule has 3 nitrogen and oxygen atoms in total. The van der Waals surface area contributed by atoms with Crippen LogP contribution in [0.4, 0.5) is 0 Å². The van der Waals surface area contributed by atoms with Crippen LogP contribution in [0.15, 0.2) is 18.2 Å². The highest BCUT2D eigenvalue weighted by Gasteiger charge is 2.31. The maximum Gasteiger partial charge on any atom is 0.122 e. The Morgan fingerprint density at radius 3 is 2.90 bits per heavy atom. The lowest BCUT2D eigenvalue weighted by Gasteiger charge is -2.36. The highest BCUT2D eigenvalue weighted by atomic mass is 16.5. The Morgan fingerprint density at radius 2 is 2.14 bits per heavy atom. The van der Waals surface area contributed by atoms with Crippen LogP contribution in [0.3, 0.4) is 0 Å². The maximum atomic E-state index is 10.7. The van der Waals surface area contributed by atoms with E-state index in [0.29, 0.717) is 6.54 Å². The molecule has 1 heterocycles. The fourth-order valence-electron chi connectivity index (χ4n) is 3.41. The Kier molecular flexibility index (Phi) is 4.23. The van der Waals surface area contributed by atoms with Crippen LogP contribution in [0.5, 0.6) is 5.75 Å². The molecular formula is C18H27NO2. The number of nitrogens with one attached hydrogen (secondary N) is 1. The fourth-order valence-corrected chi connectivity index (χ4v) is 3.41. The summed E-state index contributed by atoms with van der Waals surface area (Å²) in [4.78, 5) is 0. The third kappa shape index (κ3) is 3.41. The van der Waals surface area contributed by atoms with Crippen LogP contribution in [0.2, 0.25) is 0 Å². The fraction of sp³-hybridized carbons (Fsp3) is 0.667. The summed E-state index contributed by atoms with van der Waals surface area (Å²) in [5.41, 5.74) is 2.08. The second kappa shape index (κ2) is 5.98. The molecule has 0 aromatic heterocycles. The molecule has 116 valence electrons. The largest absolute Gasteiger partial charge is 0.493 e. The van der Waals surface area contributed by atoms with Gasteiger partial charge in [0.1, 0.15) is 5.75 Å². The zero-order valence-electron chi connectivity index (χ0n) is 13.2. The minimum atomic E-state index is -0.513. The van der Waals surface area contributed by atoms with E-state index in [0.717, 1.165) is 50.4 Å². The Hall–Kier alpha value is -1.06. The van der Waals surface area contributed by atoms with Crippen LogP contribution >= 0.6 is 0 Å². The van der Waals surface area contributed by atoms with Gasteiger partial charge >= 0.3 is 0 Å². The summed E-state index contributed by atoms with van der Waals surface area (Å²) in [6, 6.07) is 6.72. The van der Waals surface area contributed by atoms with Gasteiger partial charge in [-0.05, 0) is 55.7 Å². The lowest BCUT2D eigenvalue weighted by atomic mass is 9.79. The molecule has 1 unspecified atom stereocenters. The second-order valence-corrected chi connectivity index (χ2v) is 6.98. The number of ether oxygens (including phenoxy) is 1. The van der Waals surface area contributed by atoms with Gasteiger partial charge in [-0.2, -0.15) is 0 Å². The van der Waals surface area contributed by atoms with Crippen molar-refractivity contribution in [1.82, 2.24) is 5.32 Å². The van der Waals surface area contributed by atoms with Crippen molar-refractivity contribution in [2.24, 2.45) is 5.92 Å². The smallest absolute Gasteiger partial charge is 0.122 e. The van der Waals surface area contributed by atoms with Gasteiger partial charge in [0.2, 0.25) is 0 Å². The zero-order chi connectivity index (χ0) is 14.9. The number of aliphatic hydroxyl groups is 1. The predicted octanol–water partition coefficient (Wildman–Crippen LogP) is 3.21. The van der Waals surface area contributed by atoms with Crippen molar-refractivity contribution in [3.8, 4) is 5.75 Å². The van der Waals surface area contributed by atoms with Crippen LogP contribution in [-0.4, -0.2) is 23.9 Å². The van der Waals surface area contributed by atoms with Crippen molar-refractivity contribution in [1.29, 1.82) is 0 Å². The molecule has 0 spiro atoms. The maximum absolute atomic E-state index is 10.7. The number of rotatable bonds is 4. The Labute approximate surface area is 127 Å². The number of fused-ring (bicyclic) bond motifs is 1. The van der Waals surface area contributed by atoms with Crippen molar-refractivity contribution >= 4 is 0 Å². The molecule has 21 heavy (non-hydrogen) atoms. The first-order valence-corrected chi connectivity index (χ1v) is 8.27. The van der Waals surface area contributed by atoms with E-state index >= 15 is 0 Å². The van der Waals surface area contributed by atoms with Crippen LogP contribution in [0.1, 0.15) is 56.7 Å².